The second-order valence-corrected chi connectivity index (χ2v) is 9.72. The number of unbranched alkanes of at least 4 members (excludes halogenated alkanes) is 2. The Labute approximate surface area is 186 Å². The van der Waals surface area contributed by atoms with E-state index in [0.29, 0.717) is 23.0 Å². The molecule has 9 heteroatoms. The van der Waals surface area contributed by atoms with Crippen molar-refractivity contribution in [1.29, 1.82) is 0 Å². The van der Waals surface area contributed by atoms with E-state index in [4.69, 9.17) is 0 Å². The number of aryl methyl sites for hydroxylation is 1. The number of aromatic nitrogens is 2. The molecule has 8 nitrogen and oxygen atoms in total. The molecule has 0 saturated heterocycles. The average molecular weight is 455 g/mol. The van der Waals surface area contributed by atoms with Gasteiger partial charge in [-0.2, -0.15) is 5.10 Å². The molecule has 0 spiro atoms. The van der Waals surface area contributed by atoms with Gasteiger partial charge in [-0.05, 0) is 43.5 Å². The van der Waals surface area contributed by atoms with E-state index < -0.39 is 15.9 Å². The summed E-state index contributed by atoms with van der Waals surface area (Å²) in [5.74, 6) is -0.504. The maximum absolute atomic E-state index is 13.1. The van der Waals surface area contributed by atoms with Crippen LogP contribution in [0.3, 0.4) is 0 Å². The molecule has 2 N–H and O–H groups in total. The second-order valence-electron chi connectivity index (χ2n) is 8.01. The van der Waals surface area contributed by atoms with Crippen molar-refractivity contribution in [2.75, 3.05) is 5.32 Å². The standard InChI is InChI=1S/C23H26N4O4S/c1-2-3-6-14-27-23(29)20-11-5-4-10-19(20)21(25-27)22(28)24-17-8-7-9-18(15-17)32(30,31)26-16-12-13-16/h4-5,7-11,15-16,26H,2-3,6,12-14H2,1H3,(H,24,28). The minimum atomic E-state index is -3.64. The predicted octanol–water partition coefficient (Wildman–Crippen LogP) is 3.28. The smallest absolute Gasteiger partial charge is 0.276 e. The number of carbonyl (C=O) groups is 1. The number of amides is 1. The van der Waals surface area contributed by atoms with Gasteiger partial charge in [-0.25, -0.2) is 17.8 Å². The first kappa shape index (κ1) is 22.2. The van der Waals surface area contributed by atoms with E-state index in [1.807, 2.05) is 0 Å². The molecule has 1 saturated carbocycles. The topological polar surface area (TPSA) is 110 Å². The highest BCUT2D eigenvalue weighted by Crippen LogP contribution is 2.24. The molecule has 1 heterocycles. The second kappa shape index (κ2) is 9.22. The summed E-state index contributed by atoms with van der Waals surface area (Å²) in [6, 6.07) is 13.0. The van der Waals surface area contributed by atoms with Gasteiger partial charge in [0.2, 0.25) is 10.0 Å². The quantitative estimate of drug-likeness (QED) is 0.482. The number of sulfonamides is 1. The lowest BCUT2D eigenvalue weighted by atomic mass is 10.1. The monoisotopic (exact) mass is 454 g/mol. The summed E-state index contributed by atoms with van der Waals surface area (Å²) < 4.78 is 29.0. The van der Waals surface area contributed by atoms with Crippen LogP contribution in [0.15, 0.2) is 58.2 Å². The molecule has 168 valence electrons. The molecule has 0 atom stereocenters. The van der Waals surface area contributed by atoms with Crippen molar-refractivity contribution in [3.63, 3.8) is 0 Å². The van der Waals surface area contributed by atoms with Crippen LogP contribution in [0.2, 0.25) is 0 Å². The maximum atomic E-state index is 13.1. The zero-order valence-corrected chi connectivity index (χ0v) is 18.7. The molecular formula is C23H26N4O4S. The Hall–Kier alpha value is -3.04. The third-order valence-electron chi connectivity index (χ3n) is 5.36. The molecule has 3 aromatic rings. The van der Waals surface area contributed by atoms with Gasteiger partial charge in [-0.15, -0.1) is 0 Å². The highest BCUT2D eigenvalue weighted by atomic mass is 32.2. The van der Waals surface area contributed by atoms with Crippen molar-refractivity contribution < 1.29 is 13.2 Å². The average Bonchev–Trinajstić information content (AvgIpc) is 3.59. The lowest BCUT2D eigenvalue weighted by Crippen LogP contribution is -2.28. The fraction of sp³-hybridized carbons (Fsp3) is 0.348. The number of fused-ring (bicyclic) bond motifs is 1. The maximum Gasteiger partial charge on any atom is 0.276 e. The summed E-state index contributed by atoms with van der Waals surface area (Å²) in [6.45, 7) is 2.50. The van der Waals surface area contributed by atoms with Crippen LogP contribution < -0.4 is 15.6 Å². The molecule has 1 aliphatic rings. The molecular weight excluding hydrogens is 428 g/mol. The van der Waals surface area contributed by atoms with Crippen molar-refractivity contribution in [2.24, 2.45) is 0 Å². The molecule has 1 fully saturated rings. The Kier molecular flexibility index (Phi) is 6.38. The van der Waals surface area contributed by atoms with Gasteiger partial charge in [0.15, 0.2) is 5.69 Å². The number of hydrogen-bond acceptors (Lipinski definition) is 5. The normalized spacial score (nSPS) is 13.9. The van der Waals surface area contributed by atoms with Crippen molar-refractivity contribution in [3.05, 3.63) is 64.6 Å². The third-order valence-corrected chi connectivity index (χ3v) is 6.88. The van der Waals surface area contributed by atoms with Crippen LogP contribution in [0, 0.1) is 0 Å². The van der Waals surface area contributed by atoms with E-state index in [9.17, 15) is 18.0 Å². The SMILES string of the molecule is CCCCCn1nc(C(=O)Nc2cccc(S(=O)(=O)NC3CC3)c2)c2ccccc2c1=O. The number of nitrogens with one attached hydrogen (secondary N) is 2. The lowest BCUT2D eigenvalue weighted by molar-refractivity contribution is 0.102. The van der Waals surface area contributed by atoms with Gasteiger partial charge < -0.3 is 5.32 Å². The predicted molar refractivity (Wildman–Crippen MR) is 123 cm³/mol. The molecule has 0 radical (unpaired) electrons. The van der Waals surface area contributed by atoms with Crippen LogP contribution in [0.4, 0.5) is 5.69 Å². The highest BCUT2D eigenvalue weighted by Gasteiger charge is 2.28. The zero-order chi connectivity index (χ0) is 22.7. The van der Waals surface area contributed by atoms with Gasteiger partial charge in [0.05, 0.1) is 10.3 Å². The molecule has 4 rings (SSSR count). The molecule has 1 amide bonds. The fourth-order valence-electron chi connectivity index (χ4n) is 3.49. The number of benzene rings is 2. The molecule has 2 aromatic carbocycles. The lowest BCUT2D eigenvalue weighted by Gasteiger charge is -2.12. The number of carbonyl (C=O) groups excluding carboxylic acids is 1. The van der Waals surface area contributed by atoms with Crippen LogP contribution in [0.25, 0.3) is 10.8 Å². The van der Waals surface area contributed by atoms with E-state index in [0.717, 1.165) is 32.1 Å². The van der Waals surface area contributed by atoms with Gasteiger partial charge in [-0.1, -0.05) is 44.0 Å². The zero-order valence-electron chi connectivity index (χ0n) is 17.9. The Morgan fingerprint density at radius 2 is 1.84 bits per heavy atom. The minimum absolute atomic E-state index is 0.0115. The van der Waals surface area contributed by atoms with Gasteiger partial charge in [0, 0.05) is 23.7 Å². The van der Waals surface area contributed by atoms with Crippen LogP contribution in [-0.2, 0) is 16.6 Å². The number of hydrogen-bond donors (Lipinski definition) is 2. The van der Waals surface area contributed by atoms with Gasteiger partial charge >= 0.3 is 0 Å². The van der Waals surface area contributed by atoms with Crippen molar-refractivity contribution in [1.82, 2.24) is 14.5 Å². The Morgan fingerprint density at radius 1 is 1.09 bits per heavy atom. The van der Waals surface area contributed by atoms with Gasteiger partial charge in [0.1, 0.15) is 0 Å². The van der Waals surface area contributed by atoms with Crippen LogP contribution >= 0.6 is 0 Å². The van der Waals surface area contributed by atoms with E-state index in [1.165, 1.54) is 16.8 Å². The van der Waals surface area contributed by atoms with E-state index in [2.05, 4.69) is 22.1 Å². The summed E-state index contributed by atoms with van der Waals surface area (Å²) in [5, 5.41) is 7.97. The third kappa shape index (κ3) is 4.89. The number of anilines is 1. The first-order valence-corrected chi connectivity index (χ1v) is 12.3. The summed E-state index contributed by atoms with van der Waals surface area (Å²) in [6.07, 6.45) is 4.42. The van der Waals surface area contributed by atoms with Crippen LogP contribution in [0.5, 0.6) is 0 Å². The van der Waals surface area contributed by atoms with Crippen LogP contribution in [0.1, 0.15) is 49.5 Å². The summed E-state index contributed by atoms with van der Waals surface area (Å²) in [5.41, 5.74) is 0.233. The first-order valence-electron chi connectivity index (χ1n) is 10.8. The first-order chi connectivity index (χ1) is 15.4. The van der Waals surface area contributed by atoms with E-state index in [-0.39, 0.29) is 22.2 Å². The fourth-order valence-corrected chi connectivity index (χ4v) is 4.84. The minimum Gasteiger partial charge on any atom is -0.321 e. The van der Waals surface area contributed by atoms with Gasteiger partial charge in [0.25, 0.3) is 11.5 Å². The highest BCUT2D eigenvalue weighted by molar-refractivity contribution is 7.89. The molecule has 0 aliphatic heterocycles. The number of rotatable bonds is 9. The Bertz CT molecular complexity index is 1310. The largest absolute Gasteiger partial charge is 0.321 e. The van der Waals surface area contributed by atoms with Crippen molar-refractivity contribution in [2.45, 2.75) is 56.5 Å². The van der Waals surface area contributed by atoms with Gasteiger partial charge in [-0.3, -0.25) is 9.59 Å². The summed E-state index contributed by atoms with van der Waals surface area (Å²) in [4.78, 5) is 26.0. The van der Waals surface area contributed by atoms with Crippen molar-refractivity contribution in [3.8, 4) is 0 Å². The summed E-state index contributed by atoms with van der Waals surface area (Å²) >= 11 is 0. The molecule has 32 heavy (non-hydrogen) atoms. The molecule has 0 bridgehead atoms. The number of nitrogens with zero attached hydrogens (tertiary/aromatic N) is 2. The van der Waals surface area contributed by atoms with Crippen molar-refractivity contribution >= 4 is 32.4 Å². The molecule has 0 unspecified atom stereocenters. The Morgan fingerprint density at radius 3 is 2.56 bits per heavy atom. The molecule has 1 aliphatic carbocycles. The van der Waals surface area contributed by atoms with Crippen LogP contribution in [-0.4, -0.2) is 30.1 Å². The summed E-state index contributed by atoms with van der Waals surface area (Å²) in [7, 11) is -3.64. The van der Waals surface area contributed by atoms with E-state index in [1.54, 1.807) is 36.4 Å². The molecule has 1 aromatic heterocycles. The van der Waals surface area contributed by atoms with E-state index >= 15 is 0 Å². The Balaban J connectivity index is 1.65.